The van der Waals surface area contributed by atoms with Gasteiger partial charge in [-0.05, 0) is 26.8 Å². The number of nitrogens with zero attached hydrogens (tertiary/aromatic N) is 4. The van der Waals surface area contributed by atoms with Crippen LogP contribution in [0.4, 0.5) is 0 Å². The largest absolute Gasteiger partial charge is 0.313 e. The monoisotopic (exact) mass is 245 g/mol. The molecule has 0 amide bonds. The Labute approximate surface area is 107 Å². The van der Waals surface area contributed by atoms with E-state index in [1.165, 1.54) is 5.56 Å². The first-order valence-electron chi connectivity index (χ1n) is 6.26. The predicted molar refractivity (Wildman–Crippen MR) is 70.6 cm³/mol. The van der Waals surface area contributed by atoms with Crippen molar-refractivity contribution in [2.75, 3.05) is 6.54 Å². The summed E-state index contributed by atoms with van der Waals surface area (Å²) < 4.78 is 1.87. The Morgan fingerprint density at radius 1 is 1.33 bits per heavy atom. The van der Waals surface area contributed by atoms with E-state index in [1.807, 2.05) is 17.7 Å². The lowest BCUT2D eigenvalue weighted by molar-refractivity contribution is 0.670. The molecular weight excluding hydrogens is 226 g/mol. The van der Waals surface area contributed by atoms with E-state index in [-0.39, 0.29) is 0 Å². The molecule has 2 heterocycles. The third kappa shape index (κ3) is 2.56. The van der Waals surface area contributed by atoms with Crippen LogP contribution in [0, 0.1) is 13.8 Å². The number of aryl methyl sites for hydroxylation is 1. The molecule has 2 rings (SSSR count). The first-order chi connectivity index (χ1) is 8.74. The van der Waals surface area contributed by atoms with Crippen LogP contribution in [0.2, 0.25) is 0 Å². The van der Waals surface area contributed by atoms with Crippen LogP contribution in [0.25, 0.3) is 5.82 Å². The number of aromatic nitrogens is 4. The van der Waals surface area contributed by atoms with Crippen LogP contribution in [0.1, 0.15) is 30.3 Å². The van der Waals surface area contributed by atoms with Gasteiger partial charge >= 0.3 is 0 Å². The minimum Gasteiger partial charge on any atom is -0.313 e. The lowest BCUT2D eigenvalue weighted by Crippen LogP contribution is -2.15. The Balaban J connectivity index is 2.26. The fourth-order valence-electron chi connectivity index (χ4n) is 1.95. The topological polar surface area (TPSA) is 55.6 Å². The van der Waals surface area contributed by atoms with Crippen molar-refractivity contribution in [3.05, 3.63) is 35.5 Å². The summed E-state index contributed by atoms with van der Waals surface area (Å²) in [5, 5.41) is 7.96. The highest BCUT2D eigenvalue weighted by Crippen LogP contribution is 2.15. The van der Waals surface area contributed by atoms with Gasteiger partial charge in [-0.2, -0.15) is 5.10 Å². The highest BCUT2D eigenvalue weighted by molar-refractivity contribution is 5.31. The minimum atomic E-state index is 0.812. The molecule has 0 spiro atoms. The molecule has 0 fully saturated rings. The second-order valence-electron chi connectivity index (χ2n) is 4.31. The molecule has 5 heteroatoms. The standard InChI is InChI=1S/C13H19N5/c1-4-6-14-8-12-10(2)17-18(11(12)3)13-5-7-15-9-16-13/h5,7,9,14H,4,6,8H2,1-3H3. The SMILES string of the molecule is CCCNCc1c(C)nn(-c2ccncn2)c1C. The Morgan fingerprint density at radius 2 is 2.17 bits per heavy atom. The van der Waals surface area contributed by atoms with Gasteiger partial charge in [-0.15, -0.1) is 0 Å². The van der Waals surface area contributed by atoms with E-state index in [4.69, 9.17) is 0 Å². The molecular formula is C13H19N5. The van der Waals surface area contributed by atoms with Crippen LogP contribution >= 0.6 is 0 Å². The maximum Gasteiger partial charge on any atom is 0.156 e. The van der Waals surface area contributed by atoms with Crippen molar-refractivity contribution in [1.29, 1.82) is 0 Å². The average molecular weight is 245 g/mol. The van der Waals surface area contributed by atoms with Crippen LogP contribution in [0.3, 0.4) is 0 Å². The number of rotatable bonds is 5. The van der Waals surface area contributed by atoms with Gasteiger partial charge in [0.15, 0.2) is 5.82 Å². The molecule has 2 aromatic heterocycles. The molecule has 1 N–H and O–H groups in total. The molecule has 0 aliphatic rings. The zero-order chi connectivity index (χ0) is 13.0. The zero-order valence-corrected chi connectivity index (χ0v) is 11.1. The summed E-state index contributed by atoms with van der Waals surface area (Å²) in [6.07, 6.45) is 4.41. The van der Waals surface area contributed by atoms with Crippen molar-refractivity contribution in [3.8, 4) is 5.82 Å². The molecule has 0 unspecified atom stereocenters. The molecule has 0 saturated carbocycles. The van der Waals surface area contributed by atoms with Gasteiger partial charge in [0.2, 0.25) is 0 Å². The Bertz CT molecular complexity index is 504. The van der Waals surface area contributed by atoms with E-state index in [2.05, 4.69) is 34.2 Å². The summed E-state index contributed by atoms with van der Waals surface area (Å²) in [5.41, 5.74) is 3.44. The third-order valence-electron chi connectivity index (χ3n) is 2.95. The van der Waals surface area contributed by atoms with Crippen molar-refractivity contribution in [3.63, 3.8) is 0 Å². The van der Waals surface area contributed by atoms with Gasteiger partial charge in [0.25, 0.3) is 0 Å². The fourth-order valence-corrected chi connectivity index (χ4v) is 1.95. The predicted octanol–water partition coefficient (Wildman–Crippen LogP) is 1.78. The molecule has 0 radical (unpaired) electrons. The van der Waals surface area contributed by atoms with Gasteiger partial charge in [-0.1, -0.05) is 6.92 Å². The molecule has 18 heavy (non-hydrogen) atoms. The van der Waals surface area contributed by atoms with Crippen molar-refractivity contribution >= 4 is 0 Å². The van der Waals surface area contributed by atoms with E-state index in [0.717, 1.165) is 36.7 Å². The van der Waals surface area contributed by atoms with Crippen LogP contribution in [0.15, 0.2) is 18.6 Å². The van der Waals surface area contributed by atoms with Gasteiger partial charge in [-0.3, -0.25) is 0 Å². The van der Waals surface area contributed by atoms with E-state index >= 15 is 0 Å². The number of nitrogens with one attached hydrogen (secondary N) is 1. The normalized spacial score (nSPS) is 10.8. The summed E-state index contributed by atoms with van der Waals surface area (Å²) in [4.78, 5) is 8.16. The highest BCUT2D eigenvalue weighted by atomic mass is 15.3. The molecule has 96 valence electrons. The lowest BCUT2D eigenvalue weighted by atomic mass is 10.2. The first kappa shape index (κ1) is 12.7. The van der Waals surface area contributed by atoms with Gasteiger partial charge in [0.05, 0.1) is 5.69 Å². The van der Waals surface area contributed by atoms with Gasteiger partial charge < -0.3 is 5.32 Å². The molecule has 0 atom stereocenters. The Morgan fingerprint density at radius 3 is 2.83 bits per heavy atom. The minimum absolute atomic E-state index is 0.812. The summed E-state index contributed by atoms with van der Waals surface area (Å²) in [5.74, 6) is 0.812. The average Bonchev–Trinajstić information content (AvgIpc) is 2.68. The number of hydrogen-bond acceptors (Lipinski definition) is 4. The van der Waals surface area contributed by atoms with Gasteiger partial charge in [0.1, 0.15) is 6.33 Å². The highest BCUT2D eigenvalue weighted by Gasteiger charge is 2.12. The van der Waals surface area contributed by atoms with E-state index < -0.39 is 0 Å². The van der Waals surface area contributed by atoms with E-state index in [0.29, 0.717) is 0 Å². The quantitative estimate of drug-likeness (QED) is 0.816. The molecule has 0 aliphatic carbocycles. The summed E-state index contributed by atoms with van der Waals surface area (Å²) in [6, 6.07) is 1.86. The smallest absolute Gasteiger partial charge is 0.156 e. The maximum atomic E-state index is 4.55. The third-order valence-corrected chi connectivity index (χ3v) is 2.95. The van der Waals surface area contributed by atoms with E-state index in [9.17, 15) is 0 Å². The molecule has 0 saturated heterocycles. The Hall–Kier alpha value is -1.75. The summed E-state index contributed by atoms with van der Waals surface area (Å²) in [6.45, 7) is 8.16. The summed E-state index contributed by atoms with van der Waals surface area (Å²) >= 11 is 0. The van der Waals surface area contributed by atoms with Crippen LogP contribution in [0.5, 0.6) is 0 Å². The van der Waals surface area contributed by atoms with Crippen molar-refractivity contribution in [1.82, 2.24) is 25.1 Å². The van der Waals surface area contributed by atoms with Crippen molar-refractivity contribution in [2.45, 2.75) is 33.7 Å². The number of hydrogen-bond donors (Lipinski definition) is 1. The first-order valence-corrected chi connectivity index (χ1v) is 6.26. The molecule has 2 aromatic rings. The zero-order valence-electron chi connectivity index (χ0n) is 11.1. The van der Waals surface area contributed by atoms with Gasteiger partial charge in [0, 0.05) is 30.1 Å². The Kier molecular flexibility index (Phi) is 4.04. The summed E-state index contributed by atoms with van der Waals surface area (Å²) in [7, 11) is 0. The second kappa shape index (κ2) is 5.73. The molecule has 0 aliphatic heterocycles. The van der Waals surface area contributed by atoms with Crippen molar-refractivity contribution < 1.29 is 0 Å². The van der Waals surface area contributed by atoms with Crippen LogP contribution in [-0.2, 0) is 6.54 Å². The van der Waals surface area contributed by atoms with Crippen molar-refractivity contribution in [2.24, 2.45) is 0 Å². The van der Waals surface area contributed by atoms with Gasteiger partial charge in [-0.25, -0.2) is 14.6 Å². The molecule has 0 bridgehead atoms. The van der Waals surface area contributed by atoms with Crippen LogP contribution < -0.4 is 5.32 Å². The lowest BCUT2D eigenvalue weighted by Gasteiger charge is -2.05. The second-order valence-corrected chi connectivity index (χ2v) is 4.31. The van der Waals surface area contributed by atoms with E-state index in [1.54, 1.807) is 12.5 Å². The van der Waals surface area contributed by atoms with Crippen LogP contribution in [-0.4, -0.2) is 26.3 Å². The molecule has 5 nitrogen and oxygen atoms in total. The maximum absolute atomic E-state index is 4.55. The molecule has 0 aromatic carbocycles. The fraction of sp³-hybridized carbons (Fsp3) is 0.462.